The fourth-order valence-corrected chi connectivity index (χ4v) is 0.957. The van der Waals surface area contributed by atoms with Crippen molar-refractivity contribution in [2.45, 2.75) is 6.92 Å². The maximum Gasteiger partial charge on any atom is 0.130 e. The van der Waals surface area contributed by atoms with E-state index in [1.165, 1.54) is 12.1 Å². The first-order valence-electron chi connectivity index (χ1n) is 2.76. The molecule has 0 atom stereocenters. The smallest absolute Gasteiger partial charge is 0.130 e. The normalized spacial score (nSPS) is 9.90. The van der Waals surface area contributed by atoms with Crippen molar-refractivity contribution in [3.8, 4) is 5.75 Å². The Morgan fingerprint density at radius 3 is 2.60 bits per heavy atom. The molecule has 0 aliphatic rings. The van der Waals surface area contributed by atoms with E-state index in [0.29, 0.717) is 10.0 Å². The van der Waals surface area contributed by atoms with Crippen LogP contribution < -0.4 is 0 Å². The van der Waals surface area contributed by atoms with Crippen LogP contribution >= 0.6 is 15.9 Å². The number of phenols is 1. The fourth-order valence-electron chi connectivity index (χ4n) is 0.642. The Hall–Kier alpha value is -0.570. The van der Waals surface area contributed by atoms with Gasteiger partial charge >= 0.3 is 0 Å². The lowest BCUT2D eigenvalue weighted by molar-refractivity contribution is 0.468. The number of aryl methyl sites for hydroxylation is 1. The van der Waals surface area contributed by atoms with Gasteiger partial charge in [0.15, 0.2) is 0 Å². The molecule has 1 nitrogen and oxygen atoms in total. The molecule has 0 aliphatic heterocycles. The van der Waals surface area contributed by atoms with Crippen molar-refractivity contribution >= 4 is 15.9 Å². The molecule has 0 aromatic heterocycles. The van der Waals surface area contributed by atoms with Crippen LogP contribution in [0.5, 0.6) is 5.75 Å². The molecule has 1 rings (SSSR count). The lowest BCUT2D eigenvalue weighted by atomic mass is 10.2. The number of benzene rings is 1. The molecule has 10 heavy (non-hydrogen) atoms. The highest BCUT2D eigenvalue weighted by Crippen LogP contribution is 2.25. The van der Waals surface area contributed by atoms with Crippen molar-refractivity contribution in [2.75, 3.05) is 0 Å². The Morgan fingerprint density at radius 2 is 2.10 bits per heavy atom. The standard InChI is InChI=1S/C7H6BrFO/c1-4-2-7(10)5(8)3-6(4)9/h2-3,10H,1H3. The molecule has 0 unspecified atom stereocenters. The Labute approximate surface area is 66.6 Å². The van der Waals surface area contributed by atoms with Gasteiger partial charge in [0.2, 0.25) is 0 Å². The Bertz CT molecular complexity index is 210. The van der Waals surface area contributed by atoms with Gasteiger partial charge in [-0.15, -0.1) is 0 Å². The summed E-state index contributed by atoms with van der Waals surface area (Å²) in [6, 6.07) is 2.62. The highest BCUT2D eigenvalue weighted by molar-refractivity contribution is 9.10. The molecule has 3 heteroatoms. The average molecular weight is 205 g/mol. The molecular formula is C7H6BrFO. The zero-order chi connectivity index (χ0) is 7.72. The number of halogens is 2. The van der Waals surface area contributed by atoms with E-state index in [4.69, 9.17) is 5.11 Å². The van der Waals surface area contributed by atoms with Crippen molar-refractivity contribution < 1.29 is 9.50 Å². The summed E-state index contributed by atoms with van der Waals surface area (Å²) in [5.41, 5.74) is 0.445. The summed E-state index contributed by atoms with van der Waals surface area (Å²) in [6.07, 6.45) is 0. The summed E-state index contributed by atoms with van der Waals surface area (Å²) in [5.74, 6) is -0.247. The van der Waals surface area contributed by atoms with Gasteiger partial charge in [-0.05, 0) is 40.5 Å². The molecule has 0 amide bonds. The molecule has 0 heterocycles. The molecule has 0 bridgehead atoms. The second-order valence-electron chi connectivity index (χ2n) is 2.05. The second-order valence-corrected chi connectivity index (χ2v) is 2.91. The number of hydrogen-bond acceptors (Lipinski definition) is 1. The minimum atomic E-state index is -0.315. The third kappa shape index (κ3) is 1.29. The number of aromatic hydroxyl groups is 1. The highest BCUT2D eigenvalue weighted by Gasteiger charge is 2.02. The first kappa shape index (κ1) is 7.54. The number of hydrogen-bond donors (Lipinski definition) is 1. The highest BCUT2D eigenvalue weighted by atomic mass is 79.9. The zero-order valence-corrected chi connectivity index (χ0v) is 6.94. The van der Waals surface area contributed by atoms with Gasteiger partial charge in [0.25, 0.3) is 0 Å². The third-order valence-corrected chi connectivity index (χ3v) is 1.86. The average Bonchev–Trinajstić information content (AvgIpc) is 1.84. The van der Waals surface area contributed by atoms with E-state index in [-0.39, 0.29) is 11.6 Å². The summed E-state index contributed by atoms with van der Waals surface area (Å²) < 4.78 is 13.0. The lowest BCUT2D eigenvalue weighted by Crippen LogP contribution is -1.81. The molecule has 1 aromatic rings. The van der Waals surface area contributed by atoms with Gasteiger partial charge in [-0.3, -0.25) is 0 Å². The molecule has 0 saturated carbocycles. The van der Waals surface area contributed by atoms with E-state index in [0.717, 1.165) is 0 Å². The van der Waals surface area contributed by atoms with Gasteiger partial charge in [0, 0.05) is 0 Å². The largest absolute Gasteiger partial charge is 0.507 e. The van der Waals surface area contributed by atoms with Crippen LogP contribution in [-0.4, -0.2) is 5.11 Å². The first-order valence-corrected chi connectivity index (χ1v) is 3.55. The van der Waals surface area contributed by atoms with E-state index in [1.807, 2.05) is 0 Å². The van der Waals surface area contributed by atoms with Crippen LogP contribution in [-0.2, 0) is 0 Å². The summed E-state index contributed by atoms with van der Waals surface area (Å²) in [7, 11) is 0. The molecule has 1 N–H and O–H groups in total. The van der Waals surface area contributed by atoms with Crippen molar-refractivity contribution in [2.24, 2.45) is 0 Å². The monoisotopic (exact) mass is 204 g/mol. The van der Waals surface area contributed by atoms with E-state index in [9.17, 15) is 4.39 Å². The van der Waals surface area contributed by atoms with Gasteiger partial charge in [-0.25, -0.2) is 4.39 Å². The minimum Gasteiger partial charge on any atom is -0.507 e. The summed E-state index contributed by atoms with van der Waals surface area (Å²) in [5, 5.41) is 9.01. The fraction of sp³-hybridized carbons (Fsp3) is 0.143. The maximum atomic E-state index is 12.6. The van der Waals surface area contributed by atoms with Crippen molar-refractivity contribution in [1.82, 2.24) is 0 Å². The summed E-state index contributed by atoms with van der Waals surface area (Å²) in [6.45, 7) is 1.60. The van der Waals surface area contributed by atoms with Crippen LogP contribution in [0.3, 0.4) is 0 Å². The molecule has 0 aliphatic carbocycles. The second kappa shape index (κ2) is 2.58. The van der Waals surface area contributed by atoms with Gasteiger partial charge in [-0.2, -0.15) is 0 Å². The van der Waals surface area contributed by atoms with Crippen LogP contribution in [0.25, 0.3) is 0 Å². The SMILES string of the molecule is Cc1cc(O)c(Br)cc1F. The lowest BCUT2D eigenvalue weighted by Gasteiger charge is -1.98. The van der Waals surface area contributed by atoms with Crippen LogP contribution in [0.4, 0.5) is 4.39 Å². The predicted octanol–water partition coefficient (Wildman–Crippen LogP) is 2.60. The topological polar surface area (TPSA) is 20.2 Å². The van der Waals surface area contributed by atoms with Crippen molar-refractivity contribution in [1.29, 1.82) is 0 Å². The van der Waals surface area contributed by atoms with E-state index in [1.54, 1.807) is 6.92 Å². The third-order valence-electron chi connectivity index (χ3n) is 1.23. The molecule has 54 valence electrons. The Balaban J connectivity index is 3.28. The number of rotatable bonds is 0. The molecule has 0 saturated heterocycles. The van der Waals surface area contributed by atoms with Gasteiger partial charge < -0.3 is 5.11 Å². The van der Waals surface area contributed by atoms with Crippen LogP contribution in [0.1, 0.15) is 5.56 Å². The maximum absolute atomic E-state index is 12.6. The first-order chi connectivity index (χ1) is 4.61. The quantitative estimate of drug-likeness (QED) is 0.690. The van der Waals surface area contributed by atoms with Crippen LogP contribution in [0.15, 0.2) is 16.6 Å². The molecule has 0 radical (unpaired) electrons. The van der Waals surface area contributed by atoms with Crippen LogP contribution in [0, 0.1) is 12.7 Å². The van der Waals surface area contributed by atoms with E-state index < -0.39 is 0 Å². The molecule has 0 fully saturated rings. The summed E-state index contributed by atoms with van der Waals surface area (Å²) >= 11 is 2.99. The van der Waals surface area contributed by atoms with Gasteiger partial charge in [0.05, 0.1) is 4.47 Å². The van der Waals surface area contributed by atoms with Crippen molar-refractivity contribution in [3.05, 3.63) is 28.0 Å². The Morgan fingerprint density at radius 1 is 1.50 bits per heavy atom. The summed E-state index contributed by atoms with van der Waals surface area (Å²) in [4.78, 5) is 0. The van der Waals surface area contributed by atoms with Crippen molar-refractivity contribution in [3.63, 3.8) is 0 Å². The zero-order valence-electron chi connectivity index (χ0n) is 5.36. The Kier molecular flexibility index (Phi) is 1.94. The van der Waals surface area contributed by atoms with Crippen LogP contribution in [0.2, 0.25) is 0 Å². The van der Waals surface area contributed by atoms with E-state index >= 15 is 0 Å². The minimum absolute atomic E-state index is 0.0684. The predicted molar refractivity (Wildman–Crippen MR) is 40.5 cm³/mol. The van der Waals surface area contributed by atoms with Gasteiger partial charge in [0.1, 0.15) is 11.6 Å². The molecular weight excluding hydrogens is 199 g/mol. The van der Waals surface area contributed by atoms with E-state index in [2.05, 4.69) is 15.9 Å². The number of phenolic OH excluding ortho intramolecular Hbond substituents is 1. The van der Waals surface area contributed by atoms with Gasteiger partial charge in [-0.1, -0.05) is 0 Å². The molecule has 1 aromatic carbocycles. The molecule has 0 spiro atoms.